The lowest BCUT2D eigenvalue weighted by Gasteiger charge is -2.22. The second-order valence-corrected chi connectivity index (χ2v) is 3.36. The summed E-state index contributed by atoms with van der Waals surface area (Å²) < 4.78 is 5.34. The minimum Gasteiger partial charge on any atom is -0.377 e. The predicted octanol–water partition coefficient (Wildman–Crippen LogP) is 1.58. The van der Waals surface area contributed by atoms with Gasteiger partial charge in [0.25, 0.3) is 0 Å². The van der Waals surface area contributed by atoms with Gasteiger partial charge in [-0.3, -0.25) is 0 Å². The third-order valence-electron chi connectivity index (χ3n) is 2.31. The molecule has 1 saturated heterocycles. The number of hydrogen-bond donors (Lipinski definition) is 1. The van der Waals surface area contributed by atoms with Crippen LogP contribution in [0.5, 0.6) is 0 Å². The van der Waals surface area contributed by atoms with E-state index in [-0.39, 0.29) is 0 Å². The Labute approximate surface area is 75.0 Å². The molecule has 70 valence electrons. The molecule has 0 aromatic carbocycles. The summed E-state index contributed by atoms with van der Waals surface area (Å²) in [4.78, 5) is 0. The summed E-state index contributed by atoms with van der Waals surface area (Å²) in [7, 11) is 0. The first-order valence-electron chi connectivity index (χ1n) is 4.83. The van der Waals surface area contributed by atoms with Crippen molar-refractivity contribution < 1.29 is 4.74 Å². The number of ether oxygens (including phenoxy) is 1. The Balaban J connectivity index is 1.94. The molecule has 0 spiro atoms. The van der Waals surface area contributed by atoms with Gasteiger partial charge < -0.3 is 10.1 Å². The molecule has 1 fully saturated rings. The topological polar surface area (TPSA) is 21.3 Å². The molecule has 0 radical (unpaired) electrons. The van der Waals surface area contributed by atoms with Gasteiger partial charge in [-0.2, -0.15) is 0 Å². The van der Waals surface area contributed by atoms with Crippen LogP contribution in [0.3, 0.4) is 0 Å². The van der Waals surface area contributed by atoms with E-state index in [1.54, 1.807) is 6.08 Å². The van der Waals surface area contributed by atoms with Gasteiger partial charge in [-0.25, -0.2) is 0 Å². The van der Waals surface area contributed by atoms with Crippen molar-refractivity contribution in [1.29, 1.82) is 0 Å². The van der Waals surface area contributed by atoms with Gasteiger partial charge in [-0.05, 0) is 38.3 Å². The molecule has 2 nitrogen and oxygen atoms in total. The predicted molar refractivity (Wildman–Crippen MR) is 51.2 cm³/mol. The van der Waals surface area contributed by atoms with Crippen LogP contribution in [0, 0.1) is 5.92 Å². The standard InChI is InChI=1S/C10H19NO/c1-2-7-12-8-5-10-4-3-6-11-9-10/h2,10-11H,1,3-9H2/t10-/m0/s1. The largest absolute Gasteiger partial charge is 0.377 e. The van der Waals surface area contributed by atoms with E-state index in [0.29, 0.717) is 6.61 Å². The second-order valence-electron chi connectivity index (χ2n) is 3.36. The molecule has 0 aliphatic carbocycles. The van der Waals surface area contributed by atoms with Crippen molar-refractivity contribution in [1.82, 2.24) is 5.32 Å². The molecule has 1 rings (SSSR count). The summed E-state index contributed by atoms with van der Waals surface area (Å²) in [6.07, 6.45) is 5.69. The average molecular weight is 169 g/mol. The molecule has 2 heteroatoms. The van der Waals surface area contributed by atoms with Crippen molar-refractivity contribution >= 4 is 0 Å². The molecule has 1 aliphatic heterocycles. The maximum Gasteiger partial charge on any atom is 0.0644 e. The summed E-state index contributed by atoms with van der Waals surface area (Å²) in [6.45, 7) is 7.57. The van der Waals surface area contributed by atoms with Gasteiger partial charge in [0, 0.05) is 6.61 Å². The van der Waals surface area contributed by atoms with E-state index in [4.69, 9.17) is 4.74 Å². The molecule has 12 heavy (non-hydrogen) atoms. The van der Waals surface area contributed by atoms with E-state index in [2.05, 4.69) is 11.9 Å². The highest BCUT2D eigenvalue weighted by atomic mass is 16.5. The monoisotopic (exact) mass is 169 g/mol. The van der Waals surface area contributed by atoms with Gasteiger partial charge >= 0.3 is 0 Å². The molecule has 0 aromatic rings. The Kier molecular flexibility index (Phi) is 5.04. The van der Waals surface area contributed by atoms with Crippen LogP contribution >= 0.6 is 0 Å². The van der Waals surface area contributed by atoms with Crippen LogP contribution in [0.4, 0.5) is 0 Å². The van der Waals surface area contributed by atoms with Crippen LogP contribution in [0.1, 0.15) is 19.3 Å². The zero-order valence-corrected chi connectivity index (χ0v) is 7.72. The van der Waals surface area contributed by atoms with Crippen LogP contribution in [0.25, 0.3) is 0 Å². The Hall–Kier alpha value is -0.340. The highest BCUT2D eigenvalue weighted by Crippen LogP contribution is 2.13. The lowest BCUT2D eigenvalue weighted by atomic mass is 9.97. The van der Waals surface area contributed by atoms with Gasteiger partial charge in [-0.1, -0.05) is 6.08 Å². The molecule has 1 N–H and O–H groups in total. The van der Waals surface area contributed by atoms with Gasteiger partial charge in [0.05, 0.1) is 6.61 Å². The molecule has 0 unspecified atom stereocenters. The summed E-state index contributed by atoms with van der Waals surface area (Å²) in [6, 6.07) is 0. The van der Waals surface area contributed by atoms with Crippen molar-refractivity contribution in [2.75, 3.05) is 26.3 Å². The zero-order chi connectivity index (χ0) is 8.65. The zero-order valence-electron chi connectivity index (χ0n) is 7.72. The summed E-state index contributed by atoms with van der Waals surface area (Å²) in [5.41, 5.74) is 0. The first-order chi connectivity index (χ1) is 5.93. The lowest BCUT2D eigenvalue weighted by Crippen LogP contribution is -2.30. The van der Waals surface area contributed by atoms with E-state index in [0.717, 1.165) is 12.5 Å². The van der Waals surface area contributed by atoms with Crippen LogP contribution < -0.4 is 5.32 Å². The van der Waals surface area contributed by atoms with Gasteiger partial charge in [0.15, 0.2) is 0 Å². The highest BCUT2D eigenvalue weighted by molar-refractivity contribution is 4.69. The van der Waals surface area contributed by atoms with E-state index < -0.39 is 0 Å². The van der Waals surface area contributed by atoms with Crippen LogP contribution in [0.15, 0.2) is 12.7 Å². The number of hydrogen-bond acceptors (Lipinski definition) is 2. The van der Waals surface area contributed by atoms with E-state index in [1.165, 1.54) is 32.4 Å². The summed E-state index contributed by atoms with van der Waals surface area (Å²) in [5.74, 6) is 0.837. The normalized spacial score (nSPS) is 23.8. The maximum atomic E-state index is 5.34. The fourth-order valence-corrected chi connectivity index (χ4v) is 1.59. The van der Waals surface area contributed by atoms with Crippen LogP contribution in [-0.2, 0) is 4.74 Å². The fraction of sp³-hybridized carbons (Fsp3) is 0.800. The molecule has 1 heterocycles. The molecule has 1 aliphatic rings. The van der Waals surface area contributed by atoms with E-state index in [1.807, 2.05) is 0 Å². The SMILES string of the molecule is C=CCOCC[C@@H]1CCCNC1. The number of rotatable bonds is 5. The molecule has 0 aromatic heterocycles. The Bertz CT molecular complexity index is 119. The maximum absolute atomic E-state index is 5.34. The van der Waals surface area contributed by atoms with Gasteiger partial charge in [-0.15, -0.1) is 6.58 Å². The minimum atomic E-state index is 0.695. The van der Waals surface area contributed by atoms with Crippen molar-refractivity contribution in [3.05, 3.63) is 12.7 Å². The third kappa shape index (κ3) is 3.88. The lowest BCUT2D eigenvalue weighted by molar-refractivity contribution is 0.140. The van der Waals surface area contributed by atoms with Crippen molar-refractivity contribution in [3.8, 4) is 0 Å². The number of piperidine rings is 1. The minimum absolute atomic E-state index is 0.695. The van der Waals surface area contributed by atoms with Crippen LogP contribution in [0.2, 0.25) is 0 Å². The van der Waals surface area contributed by atoms with E-state index >= 15 is 0 Å². The van der Waals surface area contributed by atoms with Crippen LogP contribution in [-0.4, -0.2) is 26.3 Å². The van der Waals surface area contributed by atoms with Crippen molar-refractivity contribution in [3.63, 3.8) is 0 Å². The average Bonchev–Trinajstić information content (AvgIpc) is 2.14. The van der Waals surface area contributed by atoms with Crippen molar-refractivity contribution in [2.45, 2.75) is 19.3 Å². The third-order valence-corrected chi connectivity index (χ3v) is 2.31. The Morgan fingerprint density at radius 1 is 1.58 bits per heavy atom. The Morgan fingerprint density at radius 3 is 3.17 bits per heavy atom. The second kappa shape index (κ2) is 6.21. The molecule has 0 bridgehead atoms. The summed E-state index contributed by atoms with van der Waals surface area (Å²) >= 11 is 0. The first-order valence-corrected chi connectivity index (χ1v) is 4.83. The van der Waals surface area contributed by atoms with Gasteiger partial charge in [0.1, 0.15) is 0 Å². The molecular formula is C10H19NO. The summed E-state index contributed by atoms with van der Waals surface area (Å²) in [5, 5.41) is 3.40. The smallest absolute Gasteiger partial charge is 0.0644 e. The Morgan fingerprint density at radius 2 is 2.50 bits per heavy atom. The fourth-order valence-electron chi connectivity index (χ4n) is 1.59. The first kappa shape index (κ1) is 9.75. The number of nitrogens with one attached hydrogen (secondary N) is 1. The van der Waals surface area contributed by atoms with Crippen molar-refractivity contribution in [2.24, 2.45) is 5.92 Å². The molecule has 0 amide bonds. The quantitative estimate of drug-likeness (QED) is 0.498. The van der Waals surface area contributed by atoms with Gasteiger partial charge in [0.2, 0.25) is 0 Å². The highest BCUT2D eigenvalue weighted by Gasteiger charge is 2.11. The molecule has 1 atom stereocenters. The molecular weight excluding hydrogens is 150 g/mol. The van der Waals surface area contributed by atoms with E-state index in [9.17, 15) is 0 Å². The molecule has 0 saturated carbocycles.